The van der Waals surface area contributed by atoms with Gasteiger partial charge in [-0.1, -0.05) is 13.8 Å². The van der Waals surface area contributed by atoms with E-state index in [9.17, 15) is 4.79 Å². The number of carbonyl (C=O) groups is 1. The maximum Gasteiger partial charge on any atom is 0.252 e. The first kappa shape index (κ1) is 13.3. The fraction of sp³-hybridized carbons (Fsp3) is 0.615. The van der Waals surface area contributed by atoms with Crippen LogP contribution in [-0.4, -0.2) is 11.9 Å². The van der Waals surface area contributed by atoms with E-state index in [1.54, 1.807) is 11.3 Å². The van der Waals surface area contributed by atoms with E-state index in [1.807, 2.05) is 11.4 Å². The summed E-state index contributed by atoms with van der Waals surface area (Å²) in [4.78, 5) is 12.0. The van der Waals surface area contributed by atoms with Crippen molar-refractivity contribution in [3.8, 4) is 0 Å². The van der Waals surface area contributed by atoms with Crippen LogP contribution in [0.15, 0.2) is 11.4 Å². The van der Waals surface area contributed by atoms with Crippen molar-refractivity contribution >= 4 is 39.8 Å². The summed E-state index contributed by atoms with van der Waals surface area (Å²) < 4.78 is 1.16. The first-order valence-electron chi connectivity index (χ1n) is 6.11. The number of hydrogen-bond donors (Lipinski definition) is 1. The lowest BCUT2D eigenvalue weighted by atomic mass is 9.80. The molecule has 1 aromatic heterocycles. The van der Waals surface area contributed by atoms with Crippen LogP contribution in [0.2, 0.25) is 0 Å². The van der Waals surface area contributed by atoms with E-state index in [0.717, 1.165) is 20.8 Å². The fourth-order valence-electron chi connectivity index (χ4n) is 2.56. The van der Waals surface area contributed by atoms with E-state index >= 15 is 0 Å². The van der Waals surface area contributed by atoms with Gasteiger partial charge >= 0.3 is 0 Å². The maximum absolute atomic E-state index is 12.0. The molecular formula is C13H18INOS. The number of hydrogen-bond acceptors (Lipinski definition) is 2. The first-order chi connectivity index (χ1) is 8.06. The summed E-state index contributed by atoms with van der Waals surface area (Å²) in [6.45, 7) is 4.55. The molecule has 17 heavy (non-hydrogen) atoms. The Kier molecular flexibility index (Phi) is 4.47. The van der Waals surface area contributed by atoms with Gasteiger partial charge in [-0.05, 0) is 59.8 Å². The summed E-state index contributed by atoms with van der Waals surface area (Å²) >= 11 is 3.87. The Morgan fingerprint density at radius 1 is 1.47 bits per heavy atom. The molecule has 1 amide bonds. The highest BCUT2D eigenvalue weighted by Crippen LogP contribution is 2.29. The molecule has 1 heterocycles. The van der Waals surface area contributed by atoms with Crippen LogP contribution in [-0.2, 0) is 0 Å². The van der Waals surface area contributed by atoms with Crippen molar-refractivity contribution in [2.45, 2.75) is 39.2 Å². The molecule has 94 valence electrons. The average molecular weight is 363 g/mol. The third kappa shape index (κ3) is 3.44. The van der Waals surface area contributed by atoms with E-state index in [4.69, 9.17) is 0 Å². The van der Waals surface area contributed by atoms with Gasteiger partial charge in [0.15, 0.2) is 0 Å². The second kappa shape index (κ2) is 5.69. The van der Waals surface area contributed by atoms with Crippen LogP contribution < -0.4 is 5.32 Å². The zero-order valence-corrected chi connectivity index (χ0v) is 13.2. The number of halogens is 1. The number of carbonyl (C=O) groups excluding carboxylic acids is 1. The molecule has 1 N–H and O–H groups in total. The predicted molar refractivity (Wildman–Crippen MR) is 80.5 cm³/mol. The molecule has 0 spiro atoms. The Morgan fingerprint density at radius 2 is 2.24 bits per heavy atom. The lowest BCUT2D eigenvalue weighted by molar-refractivity contribution is 0.0900. The van der Waals surface area contributed by atoms with Gasteiger partial charge in [0.1, 0.15) is 0 Å². The molecule has 4 heteroatoms. The molecule has 1 fully saturated rings. The van der Waals surface area contributed by atoms with Gasteiger partial charge in [-0.25, -0.2) is 0 Å². The predicted octanol–water partition coefficient (Wildman–Crippen LogP) is 3.91. The van der Waals surface area contributed by atoms with Gasteiger partial charge in [0, 0.05) is 11.4 Å². The second-order valence-corrected chi connectivity index (χ2v) is 7.92. The zero-order chi connectivity index (χ0) is 12.4. The van der Waals surface area contributed by atoms with Gasteiger partial charge in [0.2, 0.25) is 0 Å². The van der Waals surface area contributed by atoms with Crippen LogP contribution >= 0.6 is 33.9 Å². The third-order valence-corrected chi connectivity index (χ3v) is 5.37. The summed E-state index contributed by atoms with van der Waals surface area (Å²) in [6.07, 6.45) is 3.58. The van der Waals surface area contributed by atoms with Crippen LogP contribution in [0, 0.1) is 14.7 Å². The Labute approximate surface area is 120 Å². The summed E-state index contributed by atoms with van der Waals surface area (Å²) in [6, 6.07) is 2.31. The van der Waals surface area contributed by atoms with Gasteiger partial charge in [-0.3, -0.25) is 4.79 Å². The Hall–Kier alpha value is -0.100. The largest absolute Gasteiger partial charge is 0.349 e. The number of nitrogens with one attached hydrogen (secondary N) is 1. The van der Waals surface area contributed by atoms with Crippen molar-refractivity contribution in [1.29, 1.82) is 0 Å². The lowest BCUT2D eigenvalue weighted by Crippen LogP contribution is -2.42. The van der Waals surface area contributed by atoms with E-state index in [0.29, 0.717) is 12.0 Å². The molecule has 2 nitrogen and oxygen atoms in total. The van der Waals surface area contributed by atoms with E-state index in [-0.39, 0.29) is 5.91 Å². The molecule has 2 rings (SSSR count). The quantitative estimate of drug-likeness (QED) is 0.794. The SMILES string of the molecule is CC1CCC(NC(=O)c2csc(I)c2)C(C)C1. The topological polar surface area (TPSA) is 29.1 Å². The Morgan fingerprint density at radius 3 is 2.82 bits per heavy atom. The molecule has 1 aliphatic rings. The van der Waals surface area contributed by atoms with Gasteiger partial charge in [-0.15, -0.1) is 11.3 Å². The second-order valence-electron chi connectivity index (χ2n) is 5.11. The van der Waals surface area contributed by atoms with Crippen LogP contribution in [0.1, 0.15) is 43.5 Å². The molecule has 3 atom stereocenters. The molecule has 0 saturated heterocycles. The maximum atomic E-state index is 12.0. The molecule has 0 aliphatic heterocycles. The van der Waals surface area contributed by atoms with Crippen LogP contribution in [0.25, 0.3) is 0 Å². The minimum atomic E-state index is 0.0931. The zero-order valence-electron chi connectivity index (χ0n) is 10.2. The highest BCUT2D eigenvalue weighted by molar-refractivity contribution is 14.1. The van der Waals surface area contributed by atoms with Crippen molar-refractivity contribution in [1.82, 2.24) is 5.32 Å². The third-order valence-electron chi connectivity index (χ3n) is 3.58. The molecule has 0 bridgehead atoms. The normalized spacial score (nSPS) is 29.0. The average Bonchev–Trinajstić information content (AvgIpc) is 2.69. The highest BCUT2D eigenvalue weighted by Gasteiger charge is 2.26. The Balaban J connectivity index is 1.95. The van der Waals surface area contributed by atoms with Gasteiger partial charge < -0.3 is 5.32 Å². The number of amides is 1. The fourth-order valence-corrected chi connectivity index (χ4v) is 3.89. The molecular weight excluding hydrogens is 345 g/mol. The Bertz CT molecular complexity index is 404. The molecule has 1 aromatic rings. The van der Waals surface area contributed by atoms with Crippen molar-refractivity contribution in [3.63, 3.8) is 0 Å². The molecule has 0 aromatic carbocycles. The summed E-state index contributed by atoms with van der Waals surface area (Å²) in [5.74, 6) is 1.50. The van der Waals surface area contributed by atoms with Crippen molar-refractivity contribution in [2.75, 3.05) is 0 Å². The molecule has 1 saturated carbocycles. The monoisotopic (exact) mass is 363 g/mol. The summed E-state index contributed by atoms with van der Waals surface area (Å²) in [5, 5.41) is 5.12. The molecule has 1 aliphatic carbocycles. The van der Waals surface area contributed by atoms with Crippen LogP contribution in [0.3, 0.4) is 0 Å². The van der Waals surface area contributed by atoms with E-state index in [2.05, 4.69) is 41.8 Å². The van der Waals surface area contributed by atoms with Gasteiger partial charge in [0.05, 0.1) is 8.45 Å². The first-order valence-corrected chi connectivity index (χ1v) is 8.07. The van der Waals surface area contributed by atoms with Gasteiger partial charge in [-0.2, -0.15) is 0 Å². The van der Waals surface area contributed by atoms with Crippen molar-refractivity contribution < 1.29 is 4.79 Å². The lowest BCUT2D eigenvalue weighted by Gasteiger charge is -2.33. The minimum Gasteiger partial charge on any atom is -0.349 e. The van der Waals surface area contributed by atoms with E-state index in [1.165, 1.54) is 12.8 Å². The van der Waals surface area contributed by atoms with Crippen LogP contribution in [0.5, 0.6) is 0 Å². The van der Waals surface area contributed by atoms with Crippen molar-refractivity contribution in [3.05, 3.63) is 19.9 Å². The highest BCUT2D eigenvalue weighted by atomic mass is 127. The molecule has 3 unspecified atom stereocenters. The van der Waals surface area contributed by atoms with Crippen molar-refractivity contribution in [2.24, 2.45) is 11.8 Å². The number of rotatable bonds is 2. The minimum absolute atomic E-state index is 0.0931. The summed E-state index contributed by atoms with van der Waals surface area (Å²) in [5.41, 5.74) is 0.810. The smallest absolute Gasteiger partial charge is 0.252 e. The number of thiophene rings is 1. The van der Waals surface area contributed by atoms with Gasteiger partial charge in [0.25, 0.3) is 5.91 Å². The standard InChI is InChI=1S/C13H18INOS/c1-8-3-4-11(9(2)5-8)15-13(16)10-6-12(14)17-7-10/h6-9,11H,3-5H2,1-2H3,(H,15,16). The summed E-state index contributed by atoms with van der Waals surface area (Å²) in [7, 11) is 0. The van der Waals surface area contributed by atoms with Crippen LogP contribution in [0.4, 0.5) is 0 Å². The van der Waals surface area contributed by atoms with E-state index < -0.39 is 0 Å². The molecule has 0 radical (unpaired) electrons.